The molecule has 2 N–H and O–H groups in total. The molecular formula is C12H21N3. The molecule has 1 atom stereocenters. The fourth-order valence-electron chi connectivity index (χ4n) is 1.79. The maximum absolute atomic E-state index is 5.87. The minimum atomic E-state index is 0.353. The zero-order valence-electron chi connectivity index (χ0n) is 9.69. The van der Waals surface area contributed by atoms with Crippen molar-refractivity contribution in [3.63, 3.8) is 0 Å². The van der Waals surface area contributed by atoms with Crippen molar-refractivity contribution in [2.24, 2.45) is 10.7 Å². The van der Waals surface area contributed by atoms with Gasteiger partial charge in [-0.25, -0.2) is 0 Å². The molecule has 0 radical (unpaired) electrons. The van der Waals surface area contributed by atoms with Crippen molar-refractivity contribution in [3.05, 3.63) is 23.9 Å². The van der Waals surface area contributed by atoms with Gasteiger partial charge in [-0.05, 0) is 25.8 Å². The Balaban J connectivity index is 2.51. The Morgan fingerprint density at radius 1 is 1.53 bits per heavy atom. The van der Waals surface area contributed by atoms with E-state index in [1.165, 1.54) is 5.57 Å². The lowest BCUT2D eigenvalue weighted by atomic mass is 10.2. The highest BCUT2D eigenvalue weighted by Crippen LogP contribution is 2.10. The standard InChI is InChI=1S/C12H21N3/c1-3-5-11(8-14-4-2)9-15-7-6-12(13)10-15/h3-5,8,12H,6-7,9-10,13H2,1-2H3/b5-3-,11-8+,14-4?. The van der Waals surface area contributed by atoms with Crippen LogP contribution in [0.25, 0.3) is 0 Å². The molecule has 0 saturated carbocycles. The Labute approximate surface area is 92.4 Å². The molecule has 1 heterocycles. The molecule has 1 saturated heterocycles. The number of likely N-dealkylation sites (tertiary alicyclic amines) is 1. The quantitative estimate of drug-likeness (QED) is 0.561. The molecule has 1 aliphatic heterocycles. The van der Waals surface area contributed by atoms with Gasteiger partial charge >= 0.3 is 0 Å². The first-order chi connectivity index (χ1) is 7.26. The van der Waals surface area contributed by atoms with Crippen LogP contribution in [0.5, 0.6) is 0 Å². The van der Waals surface area contributed by atoms with Gasteiger partial charge in [0, 0.05) is 38.1 Å². The molecule has 1 aliphatic rings. The van der Waals surface area contributed by atoms with Gasteiger partial charge in [0.1, 0.15) is 0 Å². The van der Waals surface area contributed by atoms with E-state index in [0.717, 1.165) is 26.1 Å². The van der Waals surface area contributed by atoms with E-state index in [-0.39, 0.29) is 0 Å². The van der Waals surface area contributed by atoms with E-state index in [0.29, 0.717) is 6.04 Å². The lowest BCUT2D eigenvalue weighted by Crippen LogP contribution is -2.27. The van der Waals surface area contributed by atoms with E-state index < -0.39 is 0 Å². The van der Waals surface area contributed by atoms with Crippen molar-refractivity contribution in [3.8, 4) is 0 Å². The number of hydrogen-bond acceptors (Lipinski definition) is 3. The average Bonchev–Trinajstić information content (AvgIpc) is 2.61. The molecule has 1 rings (SSSR count). The molecule has 0 bridgehead atoms. The Kier molecular flexibility index (Phi) is 5.29. The summed E-state index contributed by atoms with van der Waals surface area (Å²) in [5.74, 6) is 0. The topological polar surface area (TPSA) is 41.6 Å². The third-order valence-corrected chi connectivity index (χ3v) is 2.49. The Bertz CT molecular complexity index is 266. The van der Waals surface area contributed by atoms with E-state index in [4.69, 9.17) is 5.73 Å². The van der Waals surface area contributed by atoms with Crippen molar-refractivity contribution in [1.29, 1.82) is 0 Å². The van der Waals surface area contributed by atoms with Gasteiger partial charge in [0.2, 0.25) is 0 Å². The highest BCUT2D eigenvalue weighted by molar-refractivity contribution is 5.54. The first-order valence-electron chi connectivity index (χ1n) is 5.53. The molecule has 0 aliphatic carbocycles. The number of nitrogens with zero attached hydrogens (tertiary/aromatic N) is 2. The van der Waals surface area contributed by atoms with Gasteiger partial charge in [-0.3, -0.25) is 9.89 Å². The van der Waals surface area contributed by atoms with Crippen LogP contribution in [0.3, 0.4) is 0 Å². The maximum atomic E-state index is 5.87. The molecule has 1 fully saturated rings. The van der Waals surface area contributed by atoms with Gasteiger partial charge in [-0.1, -0.05) is 12.2 Å². The van der Waals surface area contributed by atoms with Crippen LogP contribution >= 0.6 is 0 Å². The molecular weight excluding hydrogens is 186 g/mol. The molecule has 1 unspecified atom stereocenters. The Morgan fingerprint density at radius 3 is 2.87 bits per heavy atom. The number of allylic oxidation sites excluding steroid dienone is 1. The third kappa shape index (κ3) is 4.40. The van der Waals surface area contributed by atoms with Gasteiger partial charge in [0.15, 0.2) is 0 Å². The summed E-state index contributed by atoms with van der Waals surface area (Å²) in [5.41, 5.74) is 7.11. The summed E-state index contributed by atoms with van der Waals surface area (Å²) in [7, 11) is 0. The van der Waals surface area contributed by atoms with E-state index >= 15 is 0 Å². The maximum Gasteiger partial charge on any atom is 0.0308 e. The number of rotatable bonds is 4. The minimum absolute atomic E-state index is 0.353. The summed E-state index contributed by atoms with van der Waals surface area (Å²) in [6.07, 6.45) is 8.99. The van der Waals surface area contributed by atoms with E-state index in [9.17, 15) is 0 Å². The summed E-state index contributed by atoms with van der Waals surface area (Å²) in [6, 6.07) is 0.353. The van der Waals surface area contributed by atoms with Gasteiger partial charge in [-0.15, -0.1) is 0 Å². The molecule has 15 heavy (non-hydrogen) atoms. The number of aliphatic imine (C=N–C) groups is 1. The van der Waals surface area contributed by atoms with Crippen molar-refractivity contribution in [2.45, 2.75) is 26.3 Å². The van der Waals surface area contributed by atoms with Crippen molar-refractivity contribution < 1.29 is 0 Å². The summed E-state index contributed by atoms with van der Waals surface area (Å²) in [5, 5.41) is 0. The second kappa shape index (κ2) is 6.53. The van der Waals surface area contributed by atoms with Crippen LogP contribution in [-0.4, -0.2) is 36.8 Å². The first kappa shape index (κ1) is 12.1. The molecule has 0 aromatic heterocycles. The average molecular weight is 207 g/mol. The van der Waals surface area contributed by atoms with Crippen LogP contribution in [0.15, 0.2) is 28.9 Å². The van der Waals surface area contributed by atoms with E-state index in [1.54, 1.807) is 6.21 Å². The lowest BCUT2D eigenvalue weighted by Gasteiger charge is -2.15. The predicted octanol–water partition coefficient (Wildman–Crippen LogP) is 1.57. The Morgan fingerprint density at radius 2 is 2.33 bits per heavy atom. The van der Waals surface area contributed by atoms with Crippen LogP contribution in [-0.2, 0) is 0 Å². The predicted molar refractivity (Wildman–Crippen MR) is 66.1 cm³/mol. The van der Waals surface area contributed by atoms with Crippen LogP contribution in [0.1, 0.15) is 20.3 Å². The van der Waals surface area contributed by atoms with Crippen LogP contribution in [0.2, 0.25) is 0 Å². The highest BCUT2D eigenvalue weighted by atomic mass is 15.2. The smallest absolute Gasteiger partial charge is 0.0308 e. The fourth-order valence-corrected chi connectivity index (χ4v) is 1.79. The largest absolute Gasteiger partial charge is 0.326 e. The zero-order valence-corrected chi connectivity index (χ0v) is 9.69. The number of nitrogens with two attached hydrogens (primary N) is 1. The zero-order chi connectivity index (χ0) is 11.1. The van der Waals surface area contributed by atoms with Gasteiger partial charge in [0.25, 0.3) is 0 Å². The molecule has 0 aromatic rings. The summed E-state index contributed by atoms with van der Waals surface area (Å²) >= 11 is 0. The normalized spacial score (nSPS) is 24.7. The van der Waals surface area contributed by atoms with Crippen molar-refractivity contribution >= 4 is 6.21 Å². The Hall–Kier alpha value is -0.930. The molecule has 84 valence electrons. The summed E-state index contributed by atoms with van der Waals surface area (Å²) in [4.78, 5) is 6.53. The molecule has 0 spiro atoms. The van der Waals surface area contributed by atoms with Gasteiger partial charge < -0.3 is 5.73 Å². The van der Waals surface area contributed by atoms with E-state index in [1.807, 2.05) is 26.1 Å². The van der Waals surface area contributed by atoms with Gasteiger partial charge in [-0.2, -0.15) is 0 Å². The van der Waals surface area contributed by atoms with Gasteiger partial charge in [0.05, 0.1) is 0 Å². The van der Waals surface area contributed by atoms with Crippen LogP contribution in [0.4, 0.5) is 0 Å². The summed E-state index contributed by atoms with van der Waals surface area (Å²) in [6.45, 7) is 7.01. The van der Waals surface area contributed by atoms with Crippen LogP contribution < -0.4 is 5.73 Å². The molecule has 0 amide bonds. The SMILES string of the molecule is CC=N/C=C(\C=C/C)CN1CCC(N)C1. The van der Waals surface area contributed by atoms with Crippen LogP contribution in [0, 0.1) is 0 Å². The highest BCUT2D eigenvalue weighted by Gasteiger charge is 2.18. The molecule has 0 aromatic carbocycles. The van der Waals surface area contributed by atoms with Crippen molar-refractivity contribution in [2.75, 3.05) is 19.6 Å². The summed E-state index contributed by atoms with van der Waals surface area (Å²) < 4.78 is 0. The molecule has 3 heteroatoms. The number of hydrogen-bond donors (Lipinski definition) is 1. The minimum Gasteiger partial charge on any atom is -0.326 e. The monoisotopic (exact) mass is 207 g/mol. The second-order valence-corrected chi connectivity index (χ2v) is 3.90. The molecule has 3 nitrogen and oxygen atoms in total. The fraction of sp³-hybridized carbons (Fsp3) is 0.583. The lowest BCUT2D eigenvalue weighted by molar-refractivity contribution is 0.366. The second-order valence-electron chi connectivity index (χ2n) is 3.90. The van der Waals surface area contributed by atoms with E-state index in [2.05, 4.69) is 16.0 Å². The third-order valence-electron chi connectivity index (χ3n) is 2.49. The first-order valence-corrected chi connectivity index (χ1v) is 5.53. The van der Waals surface area contributed by atoms with Crippen molar-refractivity contribution in [1.82, 2.24) is 4.90 Å².